The van der Waals surface area contributed by atoms with E-state index in [9.17, 15) is 0 Å². The molecule has 0 radical (unpaired) electrons. The molecule has 2 N–H and O–H groups in total. The molecule has 112 valence electrons. The van der Waals surface area contributed by atoms with Gasteiger partial charge in [0.25, 0.3) is 0 Å². The summed E-state index contributed by atoms with van der Waals surface area (Å²) in [5, 5.41) is 11.1. The van der Waals surface area contributed by atoms with E-state index in [0.29, 0.717) is 5.92 Å². The Kier molecular flexibility index (Phi) is 5.81. The van der Waals surface area contributed by atoms with E-state index in [1.807, 2.05) is 0 Å². The SMILES string of the molecule is CN=C(NCc1cccc(C)c1)NCC(C)c1ccsc1. The highest BCUT2D eigenvalue weighted by Crippen LogP contribution is 2.16. The van der Waals surface area contributed by atoms with E-state index in [1.165, 1.54) is 16.7 Å². The minimum absolute atomic E-state index is 0.480. The minimum atomic E-state index is 0.480. The van der Waals surface area contributed by atoms with Gasteiger partial charge in [0.1, 0.15) is 0 Å². The second-order valence-corrected chi connectivity index (χ2v) is 6.03. The number of aliphatic imine (C=N–C) groups is 1. The number of hydrogen-bond donors (Lipinski definition) is 2. The zero-order chi connectivity index (χ0) is 15.1. The number of nitrogens with one attached hydrogen (secondary N) is 2. The van der Waals surface area contributed by atoms with E-state index in [2.05, 4.69) is 70.6 Å². The maximum atomic E-state index is 4.28. The van der Waals surface area contributed by atoms with Crippen LogP contribution >= 0.6 is 11.3 Å². The summed E-state index contributed by atoms with van der Waals surface area (Å²) in [5.41, 5.74) is 3.92. The van der Waals surface area contributed by atoms with Crippen molar-refractivity contribution in [1.29, 1.82) is 0 Å². The fraction of sp³-hybridized carbons (Fsp3) is 0.353. The summed E-state index contributed by atoms with van der Waals surface area (Å²) >= 11 is 1.74. The maximum absolute atomic E-state index is 4.28. The Morgan fingerprint density at radius 2 is 2.14 bits per heavy atom. The van der Waals surface area contributed by atoms with Gasteiger partial charge in [0.15, 0.2) is 5.96 Å². The fourth-order valence-electron chi connectivity index (χ4n) is 2.15. The van der Waals surface area contributed by atoms with Gasteiger partial charge in [-0.15, -0.1) is 0 Å². The number of rotatable bonds is 5. The standard InChI is InChI=1S/C17H23N3S/c1-13-5-4-6-15(9-13)11-20-17(18-3)19-10-14(2)16-7-8-21-12-16/h4-9,12,14H,10-11H2,1-3H3,(H2,18,19,20). The van der Waals surface area contributed by atoms with Crippen molar-refractivity contribution in [3.8, 4) is 0 Å². The molecule has 0 amide bonds. The smallest absolute Gasteiger partial charge is 0.191 e. The Morgan fingerprint density at radius 3 is 2.81 bits per heavy atom. The molecule has 0 aliphatic heterocycles. The lowest BCUT2D eigenvalue weighted by Gasteiger charge is -2.15. The number of benzene rings is 1. The Bertz CT molecular complexity index is 575. The molecule has 1 aromatic heterocycles. The summed E-state index contributed by atoms with van der Waals surface area (Å²) in [5.74, 6) is 1.33. The van der Waals surface area contributed by atoms with Crippen LogP contribution in [0.15, 0.2) is 46.1 Å². The van der Waals surface area contributed by atoms with Gasteiger partial charge in [0.2, 0.25) is 0 Å². The molecular formula is C17H23N3S. The van der Waals surface area contributed by atoms with Crippen LogP contribution in [0.3, 0.4) is 0 Å². The molecule has 0 aliphatic rings. The molecule has 2 rings (SSSR count). The van der Waals surface area contributed by atoms with Crippen molar-refractivity contribution in [3.63, 3.8) is 0 Å². The molecule has 0 bridgehead atoms. The molecular weight excluding hydrogens is 278 g/mol. The number of aryl methyl sites for hydroxylation is 1. The predicted octanol–water partition coefficient (Wildman–Crippen LogP) is 3.53. The lowest BCUT2D eigenvalue weighted by atomic mass is 10.1. The number of hydrogen-bond acceptors (Lipinski definition) is 2. The molecule has 0 fully saturated rings. The third kappa shape index (κ3) is 4.90. The van der Waals surface area contributed by atoms with E-state index in [1.54, 1.807) is 18.4 Å². The first-order chi connectivity index (χ1) is 10.2. The zero-order valence-corrected chi connectivity index (χ0v) is 13.7. The molecule has 1 aromatic carbocycles. The van der Waals surface area contributed by atoms with Crippen molar-refractivity contribution in [2.24, 2.45) is 4.99 Å². The highest BCUT2D eigenvalue weighted by atomic mass is 32.1. The first kappa shape index (κ1) is 15.6. The van der Waals surface area contributed by atoms with Crippen molar-refractivity contribution in [1.82, 2.24) is 10.6 Å². The van der Waals surface area contributed by atoms with Gasteiger partial charge in [-0.25, -0.2) is 0 Å². The summed E-state index contributed by atoms with van der Waals surface area (Å²) in [7, 11) is 1.81. The van der Waals surface area contributed by atoms with Gasteiger partial charge in [-0.1, -0.05) is 36.8 Å². The Balaban J connectivity index is 1.81. The summed E-state index contributed by atoms with van der Waals surface area (Å²) in [6.07, 6.45) is 0. The van der Waals surface area contributed by atoms with E-state index < -0.39 is 0 Å². The average molecular weight is 301 g/mol. The van der Waals surface area contributed by atoms with Crippen molar-refractivity contribution >= 4 is 17.3 Å². The second kappa shape index (κ2) is 7.84. The lowest BCUT2D eigenvalue weighted by Crippen LogP contribution is -2.38. The van der Waals surface area contributed by atoms with Gasteiger partial charge in [-0.2, -0.15) is 11.3 Å². The second-order valence-electron chi connectivity index (χ2n) is 5.25. The highest BCUT2D eigenvalue weighted by molar-refractivity contribution is 7.07. The molecule has 2 aromatic rings. The van der Waals surface area contributed by atoms with Gasteiger partial charge in [-0.05, 0) is 40.8 Å². The van der Waals surface area contributed by atoms with Crippen molar-refractivity contribution < 1.29 is 0 Å². The molecule has 1 heterocycles. The van der Waals surface area contributed by atoms with Gasteiger partial charge in [-0.3, -0.25) is 4.99 Å². The average Bonchev–Trinajstić information content (AvgIpc) is 3.01. The molecule has 1 atom stereocenters. The largest absolute Gasteiger partial charge is 0.356 e. The van der Waals surface area contributed by atoms with E-state index in [-0.39, 0.29) is 0 Å². The highest BCUT2D eigenvalue weighted by Gasteiger charge is 2.06. The Morgan fingerprint density at radius 1 is 1.29 bits per heavy atom. The molecule has 0 spiro atoms. The van der Waals surface area contributed by atoms with Crippen LogP contribution in [0.5, 0.6) is 0 Å². The van der Waals surface area contributed by atoms with Crippen molar-refractivity contribution in [2.45, 2.75) is 26.3 Å². The van der Waals surface area contributed by atoms with Crippen LogP contribution in [0.1, 0.15) is 29.5 Å². The lowest BCUT2D eigenvalue weighted by molar-refractivity contribution is 0.701. The fourth-order valence-corrected chi connectivity index (χ4v) is 2.93. The van der Waals surface area contributed by atoms with Gasteiger partial charge in [0, 0.05) is 20.1 Å². The van der Waals surface area contributed by atoms with Crippen molar-refractivity contribution in [3.05, 3.63) is 57.8 Å². The van der Waals surface area contributed by atoms with E-state index in [0.717, 1.165) is 19.0 Å². The first-order valence-corrected chi connectivity index (χ1v) is 8.15. The van der Waals surface area contributed by atoms with Gasteiger partial charge >= 0.3 is 0 Å². The molecule has 0 aliphatic carbocycles. The Labute approximate surface area is 131 Å². The number of guanidine groups is 1. The van der Waals surface area contributed by atoms with E-state index >= 15 is 0 Å². The monoisotopic (exact) mass is 301 g/mol. The Hall–Kier alpha value is -1.81. The summed E-state index contributed by atoms with van der Waals surface area (Å²) in [6, 6.07) is 10.7. The zero-order valence-electron chi connectivity index (χ0n) is 12.9. The maximum Gasteiger partial charge on any atom is 0.191 e. The quantitative estimate of drug-likeness (QED) is 0.655. The molecule has 21 heavy (non-hydrogen) atoms. The van der Waals surface area contributed by atoms with Crippen LogP contribution in [0.25, 0.3) is 0 Å². The molecule has 0 saturated carbocycles. The van der Waals surface area contributed by atoms with Crippen LogP contribution in [0.2, 0.25) is 0 Å². The van der Waals surface area contributed by atoms with Crippen LogP contribution < -0.4 is 10.6 Å². The van der Waals surface area contributed by atoms with Crippen LogP contribution in [0, 0.1) is 6.92 Å². The third-order valence-corrected chi connectivity index (χ3v) is 4.16. The topological polar surface area (TPSA) is 36.4 Å². The normalized spacial score (nSPS) is 13.0. The van der Waals surface area contributed by atoms with Crippen LogP contribution in [0.4, 0.5) is 0 Å². The van der Waals surface area contributed by atoms with Gasteiger partial charge in [0.05, 0.1) is 0 Å². The van der Waals surface area contributed by atoms with Crippen molar-refractivity contribution in [2.75, 3.05) is 13.6 Å². The van der Waals surface area contributed by atoms with E-state index in [4.69, 9.17) is 0 Å². The summed E-state index contributed by atoms with van der Waals surface area (Å²) in [4.78, 5) is 4.28. The van der Waals surface area contributed by atoms with Crippen LogP contribution in [-0.2, 0) is 6.54 Å². The summed E-state index contributed by atoms with van der Waals surface area (Å²) in [6.45, 7) is 6.00. The third-order valence-electron chi connectivity index (χ3n) is 3.45. The molecule has 4 heteroatoms. The minimum Gasteiger partial charge on any atom is -0.356 e. The number of nitrogens with zero attached hydrogens (tertiary/aromatic N) is 1. The predicted molar refractivity (Wildman–Crippen MR) is 92.1 cm³/mol. The first-order valence-electron chi connectivity index (χ1n) is 7.21. The molecule has 0 saturated heterocycles. The summed E-state index contributed by atoms with van der Waals surface area (Å²) < 4.78 is 0. The van der Waals surface area contributed by atoms with Crippen LogP contribution in [-0.4, -0.2) is 19.6 Å². The van der Waals surface area contributed by atoms with Gasteiger partial charge < -0.3 is 10.6 Å². The molecule has 3 nitrogen and oxygen atoms in total. The number of thiophene rings is 1. The molecule has 1 unspecified atom stereocenters.